The van der Waals surface area contributed by atoms with Crippen molar-refractivity contribution in [2.75, 3.05) is 0 Å². The summed E-state index contributed by atoms with van der Waals surface area (Å²) in [5.74, 6) is 3.18. The minimum absolute atomic E-state index is 0.168. The fraction of sp³-hybridized carbons (Fsp3) is 0.800. The number of aliphatic hydroxyl groups is 1. The van der Waals surface area contributed by atoms with Gasteiger partial charge >= 0.3 is 0 Å². The van der Waals surface area contributed by atoms with Gasteiger partial charge in [-0.3, -0.25) is 0 Å². The molecule has 0 heterocycles. The lowest BCUT2D eigenvalue weighted by atomic mass is 10.2. The summed E-state index contributed by atoms with van der Waals surface area (Å²) in [6.07, 6.45) is 2.67. The second-order valence-electron chi connectivity index (χ2n) is 4.29. The maximum atomic E-state index is 8.97. The second kappa shape index (κ2) is 5.39. The predicted octanol–water partition coefficient (Wildman–Crippen LogP) is 2.42. The smallest absolute Gasteiger partial charge is 0.129 e. The van der Waals surface area contributed by atoms with Crippen LogP contribution in [-0.2, 0) is 0 Å². The van der Waals surface area contributed by atoms with E-state index in [-0.39, 0.29) is 6.10 Å². The summed E-state index contributed by atoms with van der Waals surface area (Å²) < 4.78 is 0. The van der Waals surface area contributed by atoms with Gasteiger partial charge in [0, 0.05) is 6.42 Å². The molecule has 2 heteroatoms. The van der Waals surface area contributed by atoms with E-state index in [1.807, 2.05) is 6.92 Å². The van der Waals surface area contributed by atoms with Crippen molar-refractivity contribution in [3.8, 4) is 11.5 Å². The molecule has 0 spiro atoms. The van der Waals surface area contributed by atoms with Gasteiger partial charge in [-0.1, -0.05) is 19.6 Å². The lowest BCUT2D eigenvalue weighted by Gasteiger charge is -2.03. The zero-order valence-corrected chi connectivity index (χ0v) is 9.65. The third-order valence-corrected chi connectivity index (χ3v) is 2.31. The molecular weight excluding hydrogens is 164 g/mol. The van der Waals surface area contributed by atoms with Crippen LogP contribution in [0.4, 0.5) is 0 Å². The topological polar surface area (TPSA) is 20.2 Å². The zero-order valence-electron chi connectivity index (χ0n) is 8.65. The van der Waals surface area contributed by atoms with Crippen molar-refractivity contribution in [1.29, 1.82) is 0 Å². The summed E-state index contributed by atoms with van der Waals surface area (Å²) in [5, 5.41) is 8.97. The van der Waals surface area contributed by atoms with Crippen LogP contribution in [0.25, 0.3) is 0 Å². The van der Waals surface area contributed by atoms with E-state index in [2.05, 4.69) is 31.1 Å². The molecule has 0 aromatic heterocycles. The molecule has 0 rings (SSSR count). The monoisotopic (exact) mass is 184 g/mol. The highest BCUT2D eigenvalue weighted by Crippen LogP contribution is 2.00. The third-order valence-electron chi connectivity index (χ3n) is 1.39. The van der Waals surface area contributed by atoms with Crippen LogP contribution in [0.5, 0.6) is 0 Å². The Balaban J connectivity index is 3.47. The predicted molar refractivity (Wildman–Crippen MR) is 56.7 cm³/mol. The summed E-state index contributed by atoms with van der Waals surface area (Å²) >= 11 is 0. The zero-order chi connectivity index (χ0) is 9.61. The largest absolute Gasteiger partial charge is 0.393 e. The first kappa shape index (κ1) is 11.7. The van der Waals surface area contributed by atoms with Crippen LogP contribution in [0.1, 0.15) is 26.2 Å². The first-order chi connectivity index (χ1) is 5.42. The molecule has 0 fully saturated rings. The Hall–Kier alpha value is -0.263. The molecule has 0 aromatic rings. The minimum Gasteiger partial charge on any atom is -0.393 e. The molecule has 0 saturated heterocycles. The molecule has 1 N–H and O–H groups in total. The Morgan fingerprint density at radius 1 is 1.33 bits per heavy atom. The molecule has 0 aliphatic rings. The van der Waals surface area contributed by atoms with Crippen molar-refractivity contribution < 1.29 is 5.11 Å². The van der Waals surface area contributed by atoms with Crippen LogP contribution in [0.2, 0.25) is 19.6 Å². The molecule has 0 aliphatic carbocycles. The van der Waals surface area contributed by atoms with Crippen molar-refractivity contribution in [2.24, 2.45) is 0 Å². The molecule has 0 saturated carbocycles. The molecule has 70 valence electrons. The fourth-order valence-electron chi connectivity index (χ4n) is 0.814. The Bertz CT molecular complexity index is 169. The standard InChI is InChI=1S/C10H20OSi/c1-10(11)8-6-5-7-9-12(2,3)4/h10-11H,5-6,8H2,1-4H3/t10-/m1/s1. The van der Waals surface area contributed by atoms with E-state index in [0.717, 1.165) is 19.3 Å². The van der Waals surface area contributed by atoms with E-state index in [9.17, 15) is 0 Å². The van der Waals surface area contributed by atoms with Crippen molar-refractivity contribution in [3.63, 3.8) is 0 Å². The Labute approximate surface area is 77.2 Å². The maximum Gasteiger partial charge on any atom is 0.129 e. The number of hydrogen-bond acceptors (Lipinski definition) is 1. The van der Waals surface area contributed by atoms with Crippen LogP contribution in [0.15, 0.2) is 0 Å². The van der Waals surface area contributed by atoms with Gasteiger partial charge in [0.25, 0.3) is 0 Å². The molecule has 0 radical (unpaired) electrons. The van der Waals surface area contributed by atoms with Gasteiger partial charge in [-0.05, 0) is 19.8 Å². The van der Waals surface area contributed by atoms with Gasteiger partial charge < -0.3 is 5.11 Å². The Morgan fingerprint density at radius 2 is 1.92 bits per heavy atom. The molecule has 0 unspecified atom stereocenters. The van der Waals surface area contributed by atoms with E-state index in [0.29, 0.717) is 0 Å². The first-order valence-corrected chi connectivity index (χ1v) is 8.10. The van der Waals surface area contributed by atoms with E-state index in [4.69, 9.17) is 5.11 Å². The van der Waals surface area contributed by atoms with Crippen molar-refractivity contribution in [1.82, 2.24) is 0 Å². The molecule has 1 atom stereocenters. The molecule has 0 aromatic carbocycles. The molecule has 0 bridgehead atoms. The van der Waals surface area contributed by atoms with Crippen LogP contribution in [-0.4, -0.2) is 19.3 Å². The quantitative estimate of drug-likeness (QED) is 0.406. The van der Waals surface area contributed by atoms with Crippen LogP contribution >= 0.6 is 0 Å². The van der Waals surface area contributed by atoms with Crippen LogP contribution in [0.3, 0.4) is 0 Å². The van der Waals surface area contributed by atoms with Crippen molar-refractivity contribution in [3.05, 3.63) is 0 Å². The van der Waals surface area contributed by atoms with E-state index in [1.54, 1.807) is 0 Å². The first-order valence-electron chi connectivity index (χ1n) is 4.60. The highest BCUT2D eigenvalue weighted by Gasteiger charge is 2.06. The SMILES string of the molecule is C[C@@H](O)CCCC#C[Si](C)(C)C. The average Bonchev–Trinajstić information content (AvgIpc) is 1.83. The third kappa shape index (κ3) is 9.74. The van der Waals surface area contributed by atoms with Gasteiger partial charge in [-0.15, -0.1) is 11.5 Å². The summed E-state index contributed by atoms with van der Waals surface area (Å²) in [7, 11) is -1.16. The Kier molecular flexibility index (Phi) is 5.28. The van der Waals surface area contributed by atoms with Gasteiger partial charge in [0.15, 0.2) is 0 Å². The number of aliphatic hydroxyl groups excluding tert-OH is 1. The lowest BCUT2D eigenvalue weighted by molar-refractivity contribution is 0.182. The summed E-state index contributed by atoms with van der Waals surface area (Å²) in [5.41, 5.74) is 3.30. The van der Waals surface area contributed by atoms with Crippen molar-refractivity contribution >= 4 is 8.07 Å². The molecular formula is C10H20OSi. The molecule has 1 nitrogen and oxygen atoms in total. The van der Waals surface area contributed by atoms with Gasteiger partial charge in [-0.25, -0.2) is 0 Å². The molecule has 12 heavy (non-hydrogen) atoms. The number of rotatable bonds is 3. The van der Waals surface area contributed by atoms with E-state index in [1.165, 1.54) is 0 Å². The maximum absolute atomic E-state index is 8.97. The van der Waals surface area contributed by atoms with Gasteiger partial charge in [-0.2, -0.15) is 0 Å². The van der Waals surface area contributed by atoms with Gasteiger partial charge in [0.2, 0.25) is 0 Å². The molecule has 0 amide bonds. The fourth-order valence-corrected chi connectivity index (χ4v) is 1.47. The normalized spacial score (nSPS) is 13.4. The lowest BCUT2D eigenvalue weighted by Crippen LogP contribution is -2.16. The van der Waals surface area contributed by atoms with Crippen LogP contribution in [0, 0.1) is 11.5 Å². The molecule has 0 aliphatic heterocycles. The summed E-state index contributed by atoms with van der Waals surface area (Å²) in [6.45, 7) is 8.56. The summed E-state index contributed by atoms with van der Waals surface area (Å²) in [6, 6.07) is 0. The van der Waals surface area contributed by atoms with Gasteiger partial charge in [0.1, 0.15) is 8.07 Å². The van der Waals surface area contributed by atoms with Gasteiger partial charge in [0.05, 0.1) is 6.10 Å². The highest BCUT2D eigenvalue weighted by molar-refractivity contribution is 6.83. The number of hydrogen-bond donors (Lipinski definition) is 1. The minimum atomic E-state index is -1.16. The second-order valence-corrected chi connectivity index (χ2v) is 9.04. The van der Waals surface area contributed by atoms with Crippen molar-refractivity contribution in [2.45, 2.75) is 51.9 Å². The van der Waals surface area contributed by atoms with Crippen LogP contribution < -0.4 is 0 Å². The van der Waals surface area contributed by atoms with E-state index < -0.39 is 8.07 Å². The number of unbranched alkanes of at least 4 members (excludes halogenated alkanes) is 1. The highest BCUT2D eigenvalue weighted by atomic mass is 28.3. The average molecular weight is 184 g/mol. The Morgan fingerprint density at radius 3 is 2.33 bits per heavy atom. The summed E-state index contributed by atoms with van der Waals surface area (Å²) in [4.78, 5) is 0. The van der Waals surface area contributed by atoms with E-state index >= 15 is 0 Å².